The van der Waals surface area contributed by atoms with E-state index in [2.05, 4.69) is 11.2 Å². The highest BCUT2D eigenvalue weighted by Crippen LogP contribution is 2.34. The highest BCUT2D eigenvalue weighted by molar-refractivity contribution is 5.86. The molecule has 0 radical (unpaired) electrons. The van der Waals surface area contributed by atoms with Crippen LogP contribution in [0.1, 0.15) is 50.8 Å². The molecule has 3 atom stereocenters. The van der Waals surface area contributed by atoms with Gasteiger partial charge in [-0.2, -0.15) is 0 Å². The van der Waals surface area contributed by atoms with Gasteiger partial charge in [0.1, 0.15) is 18.2 Å². The van der Waals surface area contributed by atoms with Crippen LogP contribution in [0, 0.1) is 12.3 Å². The summed E-state index contributed by atoms with van der Waals surface area (Å²) in [7, 11) is 0. The third-order valence-electron chi connectivity index (χ3n) is 5.04. The SMILES string of the molecule is C#CCO[C@H]1Cc2ccccc2[C@@H]1NC(=O)C1CCCN1C(=O)OC(C)(C)C. The highest BCUT2D eigenvalue weighted by atomic mass is 16.6. The number of nitrogens with zero attached hydrogens (tertiary/aromatic N) is 1. The van der Waals surface area contributed by atoms with E-state index in [4.69, 9.17) is 15.9 Å². The molecule has 1 aliphatic carbocycles. The van der Waals surface area contributed by atoms with Crippen molar-refractivity contribution in [2.45, 2.75) is 63.8 Å². The molecule has 2 amide bonds. The van der Waals surface area contributed by atoms with E-state index in [1.165, 1.54) is 4.90 Å². The summed E-state index contributed by atoms with van der Waals surface area (Å²) in [6.07, 6.45) is 6.77. The van der Waals surface area contributed by atoms with Crippen molar-refractivity contribution in [3.8, 4) is 12.3 Å². The molecule has 1 aromatic rings. The Balaban J connectivity index is 1.73. The first-order valence-electron chi connectivity index (χ1n) is 9.73. The molecule has 0 spiro atoms. The van der Waals surface area contributed by atoms with Crippen LogP contribution in [-0.4, -0.2) is 47.8 Å². The number of benzene rings is 1. The van der Waals surface area contributed by atoms with Crippen LogP contribution in [0.25, 0.3) is 0 Å². The standard InChI is InChI=1S/C22H28N2O4/c1-5-13-27-18-14-15-9-6-7-10-16(15)19(18)23-20(25)17-11-8-12-24(17)21(26)28-22(2,3)4/h1,6-7,9-10,17-19H,8,11-14H2,2-4H3,(H,23,25)/t17?,18-,19-/m0/s1. The summed E-state index contributed by atoms with van der Waals surface area (Å²) >= 11 is 0. The molecule has 2 aliphatic rings. The smallest absolute Gasteiger partial charge is 0.410 e. The summed E-state index contributed by atoms with van der Waals surface area (Å²) in [6.45, 7) is 6.17. The van der Waals surface area contributed by atoms with Crippen LogP contribution in [0.2, 0.25) is 0 Å². The van der Waals surface area contributed by atoms with Crippen molar-refractivity contribution in [1.82, 2.24) is 10.2 Å². The third-order valence-corrected chi connectivity index (χ3v) is 5.04. The molecule has 0 aromatic heterocycles. The van der Waals surface area contributed by atoms with Crippen molar-refractivity contribution in [3.05, 3.63) is 35.4 Å². The van der Waals surface area contributed by atoms with Crippen LogP contribution >= 0.6 is 0 Å². The number of fused-ring (bicyclic) bond motifs is 1. The molecule has 6 nitrogen and oxygen atoms in total. The molecule has 1 aliphatic heterocycles. The van der Waals surface area contributed by atoms with E-state index in [1.54, 1.807) is 0 Å². The Bertz CT molecular complexity index is 777. The largest absolute Gasteiger partial charge is 0.444 e. The molecular formula is C22H28N2O4. The number of hydrogen-bond donors (Lipinski definition) is 1. The van der Waals surface area contributed by atoms with Crippen LogP contribution in [0.4, 0.5) is 4.79 Å². The molecule has 1 saturated heterocycles. The molecular weight excluding hydrogens is 356 g/mol. The van der Waals surface area contributed by atoms with E-state index in [9.17, 15) is 9.59 Å². The zero-order valence-electron chi connectivity index (χ0n) is 16.7. The summed E-state index contributed by atoms with van der Waals surface area (Å²) in [5.41, 5.74) is 1.59. The fourth-order valence-corrected chi connectivity index (χ4v) is 3.87. The van der Waals surface area contributed by atoms with Crippen molar-refractivity contribution >= 4 is 12.0 Å². The van der Waals surface area contributed by atoms with Crippen LogP contribution in [0.15, 0.2) is 24.3 Å². The van der Waals surface area contributed by atoms with Gasteiger partial charge in [-0.25, -0.2) is 4.79 Å². The van der Waals surface area contributed by atoms with Crippen LogP contribution in [-0.2, 0) is 20.7 Å². The average Bonchev–Trinajstić information content (AvgIpc) is 3.24. The second-order valence-electron chi connectivity index (χ2n) is 8.27. The maximum absolute atomic E-state index is 13.1. The molecule has 0 bridgehead atoms. The van der Waals surface area contributed by atoms with Crippen molar-refractivity contribution in [1.29, 1.82) is 0 Å². The van der Waals surface area contributed by atoms with Gasteiger partial charge in [0.05, 0.1) is 12.1 Å². The molecule has 1 fully saturated rings. The van der Waals surface area contributed by atoms with Gasteiger partial charge in [-0.3, -0.25) is 9.69 Å². The minimum absolute atomic E-state index is 0.181. The second-order valence-corrected chi connectivity index (χ2v) is 8.27. The number of hydrogen-bond acceptors (Lipinski definition) is 4. The zero-order chi connectivity index (χ0) is 20.3. The first-order valence-corrected chi connectivity index (χ1v) is 9.73. The summed E-state index contributed by atoms with van der Waals surface area (Å²) in [6, 6.07) is 7.15. The minimum Gasteiger partial charge on any atom is -0.444 e. The molecule has 1 aromatic carbocycles. The lowest BCUT2D eigenvalue weighted by molar-refractivity contribution is -0.127. The van der Waals surface area contributed by atoms with Gasteiger partial charge in [-0.15, -0.1) is 6.42 Å². The normalized spacial score (nSPS) is 23.8. The van der Waals surface area contributed by atoms with E-state index < -0.39 is 17.7 Å². The number of amides is 2. The Hall–Kier alpha value is -2.52. The Morgan fingerprint density at radius 1 is 1.32 bits per heavy atom. The Labute approximate surface area is 166 Å². The first-order chi connectivity index (χ1) is 13.3. The van der Waals surface area contributed by atoms with E-state index in [0.717, 1.165) is 17.5 Å². The maximum Gasteiger partial charge on any atom is 0.410 e. The van der Waals surface area contributed by atoms with Crippen LogP contribution in [0.3, 0.4) is 0 Å². The Morgan fingerprint density at radius 3 is 2.79 bits per heavy atom. The van der Waals surface area contributed by atoms with Gasteiger partial charge in [-0.1, -0.05) is 30.2 Å². The minimum atomic E-state index is -0.598. The van der Waals surface area contributed by atoms with Gasteiger partial charge in [0.15, 0.2) is 0 Å². The number of nitrogens with one attached hydrogen (secondary N) is 1. The lowest BCUT2D eigenvalue weighted by atomic mass is 10.1. The predicted molar refractivity (Wildman–Crippen MR) is 106 cm³/mol. The monoisotopic (exact) mass is 384 g/mol. The van der Waals surface area contributed by atoms with Gasteiger partial charge in [0.2, 0.25) is 5.91 Å². The topological polar surface area (TPSA) is 67.9 Å². The molecule has 1 unspecified atom stereocenters. The van der Waals surface area contributed by atoms with E-state index in [1.807, 2.05) is 45.0 Å². The van der Waals surface area contributed by atoms with Gasteiger partial charge in [0, 0.05) is 13.0 Å². The zero-order valence-corrected chi connectivity index (χ0v) is 16.7. The number of terminal acetylenes is 1. The fourth-order valence-electron chi connectivity index (χ4n) is 3.87. The molecule has 3 rings (SSSR count). The van der Waals surface area contributed by atoms with E-state index in [-0.39, 0.29) is 24.7 Å². The number of likely N-dealkylation sites (tertiary alicyclic amines) is 1. The quantitative estimate of drug-likeness (QED) is 0.811. The summed E-state index contributed by atoms with van der Waals surface area (Å²) in [5, 5.41) is 3.10. The van der Waals surface area contributed by atoms with Crippen molar-refractivity contribution in [2.24, 2.45) is 0 Å². The van der Waals surface area contributed by atoms with Gasteiger partial charge < -0.3 is 14.8 Å². The maximum atomic E-state index is 13.1. The van der Waals surface area contributed by atoms with E-state index >= 15 is 0 Å². The number of rotatable bonds is 4. The van der Waals surface area contributed by atoms with Gasteiger partial charge in [-0.05, 0) is 44.7 Å². The first kappa shape index (κ1) is 20.2. The third kappa shape index (κ3) is 4.48. The van der Waals surface area contributed by atoms with Crippen LogP contribution in [0.5, 0.6) is 0 Å². The molecule has 6 heteroatoms. The molecule has 1 heterocycles. The number of carbonyl (C=O) groups is 2. The van der Waals surface area contributed by atoms with Crippen molar-refractivity contribution < 1.29 is 19.1 Å². The number of carbonyl (C=O) groups excluding carboxylic acids is 2. The van der Waals surface area contributed by atoms with Gasteiger partial charge >= 0.3 is 6.09 Å². The molecule has 0 saturated carbocycles. The second kappa shape index (κ2) is 8.24. The lowest BCUT2D eigenvalue weighted by Gasteiger charge is -2.29. The summed E-state index contributed by atoms with van der Waals surface area (Å²) in [5.74, 6) is 2.31. The molecule has 1 N–H and O–H groups in total. The number of ether oxygens (including phenoxy) is 2. The predicted octanol–water partition coefficient (Wildman–Crippen LogP) is 2.82. The van der Waals surface area contributed by atoms with Gasteiger partial charge in [0.25, 0.3) is 0 Å². The molecule has 150 valence electrons. The summed E-state index contributed by atoms with van der Waals surface area (Å²) in [4.78, 5) is 27.1. The molecule has 28 heavy (non-hydrogen) atoms. The van der Waals surface area contributed by atoms with Crippen molar-refractivity contribution in [3.63, 3.8) is 0 Å². The average molecular weight is 384 g/mol. The van der Waals surface area contributed by atoms with Crippen molar-refractivity contribution in [2.75, 3.05) is 13.2 Å². The van der Waals surface area contributed by atoms with Crippen LogP contribution < -0.4 is 5.32 Å². The summed E-state index contributed by atoms with van der Waals surface area (Å²) < 4.78 is 11.3. The lowest BCUT2D eigenvalue weighted by Crippen LogP contribution is -2.49. The van der Waals surface area contributed by atoms with E-state index in [0.29, 0.717) is 19.4 Å². The Morgan fingerprint density at radius 2 is 2.07 bits per heavy atom. The Kier molecular flexibility index (Phi) is 5.95. The fraction of sp³-hybridized carbons (Fsp3) is 0.545. The highest BCUT2D eigenvalue weighted by Gasteiger charge is 2.40.